The molecule has 2 aromatic carbocycles. The predicted molar refractivity (Wildman–Crippen MR) is 115 cm³/mol. The Morgan fingerprint density at radius 3 is 2.37 bits per heavy atom. The Labute approximate surface area is 175 Å². The van der Waals surface area contributed by atoms with Crippen LogP contribution < -0.4 is 10.0 Å². The Balaban J connectivity index is 1.39. The van der Waals surface area contributed by atoms with Crippen molar-refractivity contribution in [3.8, 4) is 0 Å². The van der Waals surface area contributed by atoms with Gasteiger partial charge in [0.2, 0.25) is 11.9 Å². The second-order valence-corrected chi connectivity index (χ2v) is 8.92. The van der Waals surface area contributed by atoms with Crippen molar-refractivity contribution in [3.05, 3.63) is 77.6 Å². The number of amides is 1. The Morgan fingerprint density at radius 1 is 0.933 bits per heavy atom. The van der Waals surface area contributed by atoms with Crippen LogP contribution >= 0.6 is 0 Å². The summed E-state index contributed by atoms with van der Waals surface area (Å²) in [6, 6.07) is 13.8. The molecule has 0 fully saturated rings. The van der Waals surface area contributed by atoms with Crippen LogP contribution in [0.2, 0.25) is 0 Å². The average Bonchev–Trinajstić information content (AvgIpc) is 2.74. The molecule has 0 aliphatic heterocycles. The maximum Gasteiger partial charge on any atom is 0.264 e. The normalized spacial score (nSPS) is 13.3. The van der Waals surface area contributed by atoms with E-state index in [1.165, 1.54) is 48.5 Å². The maximum atomic E-state index is 12.4. The van der Waals surface area contributed by atoms with E-state index in [2.05, 4.69) is 32.1 Å². The molecule has 1 aliphatic rings. The van der Waals surface area contributed by atoms with E-state index in [9.17, 15) is 13.2 Å². The van der Waals surface area contributed by atoms with Gasteiger partial charge in [-0.2, -0.15) is 0 Å². The summed E-state index contributed by atoms with van der Waals surface area (Å²) in [5.74, 6) is -0.142. The van der Waals surface area contributed by atoms with Gasteiger partial charge in [0, 0.05) is 18.1 Å². The van der Waals surface area contributed by atoms with Gasteiger partial charge in [0.15, 0.2) is 0 Å². The topological polar surface area (TPSA) is 101 Å². The summed E-state index contributed by atoms with van der Waals surface area (Å²) in [4.78, 5) is 20.2. The summed E-state index contributed by atoms with van der Waals surface area (Å²) in [5.41, 5.74) is 4.25. The molecule has 3 aromatic rings. The molecule has 0 radical (unpaired) electrons. The molecule has 0 atom stereocenters. The number of benzene rings is 2. The highest BCUT2D eigenvalue weighted by Gasteiger charge is 2.16. The van der Waals surface area contributed by atoms with Gasteiger partial charge in [0.25, 0.3) is 10.0 Å². The van der Waals surface area contributed by atoms with Gasteiger partial charge in [-0.3, -0.25) is 4.79 Å². The first-order chi connectivity index (χ1) is 14.5. The number of sulfonamides is 1. The third-order valence-electron chi connectivity index (χ3n) is 5.02. The second-order valence-electron chi connectivity index (χ2n) is 7.24. The fourth-order valence-corrected chi connectivity index (χ4v) is 4.49. The summed E-state index contributed by atoms with van der Waals surface area (Å²) in [7, 11) is -3.80. The van der Waals surface area contributed by atoms with Crippen molar-refractivity contribution in [2.24, 2.45) is 0 Å². The number of carbonyl (C=O) groups is 1. The first-order valence-electron chi connectivity index (χ1n) is 9.80. The molecule has 1 heterocycles. The van der Waals surface area contributed by atoms with Crippen molar-refractivity contribution in [2.75, 3.05) is 10.0 Å². The van der Waals surface area contributed by atoms with Gasteiger partial charge in [-0.1, -0.05) is 18.2 Å². The lowest BCUT2D eigenvalue weighted by Gasteiger charge is -2.16. The highest BCUT2D eigenvalue weighted by Crippen LogP contribution is 2.23. The standard InChI is InChI=1S/C22H22N4O3S/c27-21(15-16-6-7-17-4-1-2-5-18(17)14-16)25-19-8-10-20(11-9-19)30(28,29)26-22-23-12-3-13-24-22/h3,6-14H,1-2,4-5,15H2,(H,25,27)(H,23,24,26). The van der Waals surface area contributed by atoms with Crippen LogP contribution in [0.1, 0.15) is 29.5 Å². The molecule has 4 rings (SSSR count). The highest BCUT2D eigenvalue weighted by atomic mass is 32.2. The van der Waals surface area contributed by atoms with Crippen molar-refractivity contribution in [2.45, 2.75) is 37.0 Å². The van der Waals surface area contributed by atoms with Crippen molar-refractivity contribution in [3.63, 3.8) is 0 Å². The third-order valence-corrected chi connectivity index (χ3v) is 6.36. The van der Waals surface area contributed by atoms with Gasteiger partial charge < -0.3 is 5.32 Å². The van der Waals surface area contributed by atoms with Crippen molar-refractivity contribution >= 4 is 27.6 Å². The molecule has 0 spiro atoms. The smallest absolute Gasteiger partial charge is 0.264 e. The number of carbonyl (C=O) groups excluding carboxylic acids is 1. The summed E-state index contributed by atoms with van der Waals surface area (Å²) in [5, 5.41) is 2.82. The molecular formula is C22H22N4O3S. The van der Waals surface area contributed by atoms with Crippen LogP contribution in [-0.4, -0.2) is 24.3 Å². The van der Waals surface area contributed by atoms with Gasteiger partial charge in [0.1, 0.15) is 0 Å². The zero-order chi connectivity index (χ0) is 21.0. The van der Waals surface area contributed by atoms with Gasteiger partial charge in [-0.05, 0) is 72.7 Å². The predicted octanol–water partition coefficient (Wildman–Crippen LogP) is 3.34. The fraction of sp³-hybridized carbons (Fsp3) is 0.227. The molecule has 0 bridgehead atoms. The number of nitrogens with zero attached hydrogens (tertiary/aromatic N) is 2. The van der Waals surface area contributed by atoms with Crippen LogP contribution in [0.3, 0.4) is 0 Å². The molecule has 154 valence electrons. The monoisotopic (exact) mass is 422 g/mol. The van der Waals surface area contributed by atoms with Gasteiger partial charge in [-0.25, -0.2) is 23.1 Å². The number of hydrogen-bond donors (Lipinski definition) is 2. The molecule has 0 saturated heterocycles. The minimum absolute atomic E-state index is 0.0000659. The van der Waals surface area contributed by atoms with Crippen LogP contribution in [0.25, 0.3) is 0 Å². The number of fused-ring (bicyclic) bond motifs is 1. The molecular weight excluding hydrogens is 400 g/mol. The van der Waals surface area contributed by atoms with E-state index in [0.29, 0.717) is 5.69 Å². The Kier molecular flexibility index (Phi) is 5.76. The molecule has 1 aliphatic carbocycles. The van der Waals surface area contributed by atoms with E-state index in [1.807, 2.05) is 6.07 Å². The van der Waals surface area contributed by atoms with E-state index in [-0.39, 0.29) is 23.2 Å². The third kappa shape index (κ3) is 4.83. The fourth-order valence-electron chi connectivity index (χ4n) is 3.54. The van der Waals surface area contributed by atoms with Crippen LogP contribution in [0.15, 0.2) is 65.8 Å². The van der Waals surface area contributed by atoms with Crippen molar-refractivity contribution in [1.82, 2.24) is 9.97 Å². The van der Waals surface area contributed by atoms with E-state index >= 15 is 0 Å². The molecule has 30 heavy (non-hydrogen) atoms. The molecule has 1 amide bonds. The lowest BCUT2D eigenvalue weighted by molar-refractivity contribution is -0.115. The van der Waals surface area contributed by atoms with Crippen LogP contribution in [-0.2, 0) is 34.1 Å². The highest BCUT2D eigenvalue weighted by molar-refractivity contribution is 7.92. The Morgan fingerprint density at radius 2 is 1.63 bits per heavy atom. The van der Waals surface area contributed by atoms with Gasteiger partial charge in [0.05, 0.1) is 11.3 Å². The Hall–Kier alpha value is -3.26. The van der Waals surface area contributed by atoms with E-state index in [1.54, 1.807) is 18.2 Å². The minimum Gasteiger partial charge on any atom is -0.326 e. The maximum absolute atomic E-state index is 12.4. The van der Waals surface area contributed by atoms with Crippen LogP contribution in [0.4, 0.5) is 11.6 Å². The van der Waals surface area contributed by atoms with Crippen molar-refractivity contribution < 1.29 is 13.2 Å². The molecule has 0 saturated carbocycles. The lowest BCUT2D eigenvalue weighted by Crippen LogP contribution is -2.16. The lowest BCUT2D eigenvalue weighted by atomic mass is 9.90. The van der Waals surface area contributed by atoms with Crippen molar-refractivity contribution in [1.29, 1.82) is 0 Å². The molecule has 1 aromatic heterocycles. The quantitative estimate of drug-likeness (QED) is 0.634. The molecule has 2 N–H and O–H groups in total. The summed E-state index contributed by atoms with van der Waals surface area (Å²) in [6.07, 6.45) is 7.79. The number of hydrogen-bond acceptors (Lipinski definition) is 5. The van der Waals surface area contributed by atoms with Gasteiger partial charge >= 0.3 is 0 Å². The van der Waals surface area contributed by atoms with E-state index < -0.39 is 10.0 Å². The first kappa shape index (κ1) is 20.0. The molecule has 8 heteroatoms. The second kappa shape index (κ2) is 8.62. The zero-order valence-corrected chi connectivity index (χ0v) is 17.2. The summed E-state index contributed by atoms with van der Waals surface area (Å²) < 4.78 is 27.1. The molecule has 7 nitrogen and oxygen atoms in total. The number of aryl methyl sites for hydroxylation is 2. The minimum atomic E-state index is -3.80. The number of anilines is 2. The summed E-state index contributed by atoms with van der Waals surface area (Å²) in [6.45, 7) is 0. The number of nitrogens with one attached hydrogen (secondary N) is 2. The zero-order valence-electron chi connectivity index (χ0n) is 16.3. The first-order valence-corrected chi connectivity index (χ1v) is 11.3. The Bertz CT molecular complexity index is 1150. The summed E-state index contributed by atoms with van der Waals surface area (Å²) >= 11 is 0. The number of aromatic nitrogens is 2. The van der Waals surface area contributed by atoms with E-state index in [4.69, 9.17) is 0 Å². The number of rotatable bonds is 6. The average molecular weight is 423 g/mol. The SMILES string of the molecule is O=C(Cc1ccc2c(c1)CCCC2)Nc1ccc(S(=O)(=O)Nc2ncccn2)cc1. The van der Waals surface area contributed by atoms with Crippen LogP contribution in [0.5, 0.6) is 0 Å². The molecule has 0 unspecified atom stereocenters. The largest absolute Gasteiger partial charge is 0.326 e. The van der Waals surface area contributed by atoms with Gasteiger partial charge in [-0.15, -0.1) is 0 Å². The van der Waals surface area contributed by atoms with Crippen LogP contribution in [0, 0.1) is 0 Å². The van der Waals surface area contributed by atoms with E-state index in [0.717, 1.165) is 18.4 Å².